The molecule has 0 aromatic heterocycles. The van der Waals surface area contributed by atoms with Crippen LogP contribution in [0.4, 0.5) is 0 Å². The summed E-state index contributed by atoms with van der Waals surface area (Å²) in [6.45, 7) is 3.09. The summed E-state index contributed by atoms with van der Waals surface area (Å²) in [7, 11) is 1.61. The van der Waals surface area contributed by atoms with E-state index in [0.29, 0.717) is 13.0 Å². The number of rotatable bonds is 4. The van der Waals surface area contributed by atoms with E-state index in [-0.39, 0.29) is 12.3 Å². The molecule has 2 aliphatic rings. The molecular formula is C17H24N2O3. The Kier molecular flexibility index (Phi) is 4.36. The van der Waals surface area contributed by atoms with Gasteiger partial charge >= 0.3 is 0 Å². The maximum atomic E-state index is 11.6. The number of nitrogens with one attached hydrogen (secondary N) is 1. The number of likely N-dealkylation sites (tertiary alicyclic amines) is 1. The Hall–Kier alpha value is -1.59. The Bertz CT molecular complexity index is 561. The number of hydrogen-bond acceptors (Lipinski definition) is 4. The molecule has 2 heterocycles. The zero-order valence-electron chi connectivity index (χ0n) is 13.1. The molecule has 1 atom stereocenters. The van der Waals surface area contributed by atoms with Crippen molar-refractivity contribution in [2.45, 2.75) is 37.8 Å². The molecule has 1 fully saturated rings. The third kappa shape index (κ3) is 3.42. The lowest BCUT2D eigenvalue weighted by atomic mass is 9.89. The number of carbonyl (C=O) groups is 1. The van der Waals surface area contributed by atoms with Gasteiger partial charge in [-0.05, 0) is 36.6 Å². The first kappa shape index (κ1) is 15.3. The monoisotopic (exact) mass is 304 g/mol. The van der Waals surface area contributed by atoms with E-state index in [1.54, 1.807) is 7.05 Å². The van der Waals surface area contributed by atoms with Gasteiger partial charge in [-0.2, -0.15) is 0 Å². The third-order valence-corrected chi connectivity index (χ3v) is 4.56. The highest BCUT2D eigenvalue weighted by atomic mass is 16.5. The van der Waals surface area contributed by atoms with Crippen LogP contribution in [0.15, 0.2) is 18.2 Å². The van der Waals surface area contributed by atoms with Crippen LogP contribution in [0.2, 0.25) is 0 Å². The van der Waals surface area contributed by atoms with E-state index in [0.717, 1.165) is 38.3 Å². The molecule has 0 bridgehead atoms. The Labute approximate surface area is 131 Å². The highest BCUT2D eigenvalue weighted by Gasteiger charge is 2.35. The standard InChI is InChI=1S/C17H24N2O3/c1-18-16(20)10-17(21)6-2-7-19(12-17)11-13-3-4-15-14(9-13)5-8-22-15/h3-4,9,21H,2,5-8,10-12H2,1H3,(H,18,20). The van der Waals surface area contributed by atoms with Gasteiger partial charge in [0.15, 0.2) is 0 Å². The van der Waals surface area contributed by atoms with Gasteiger partial charge in [0.1, 0.15) is 5.75 Å². The minimum absolute atomic E-state index is 0.0981. The summed E-state index contributed by atoms with van der Waals surface area (Å²) in [5, 5.41) is 13.3. The van der Waals surface area contributed by atoms with Crippen molar-refractivity contribution in [2.24, 2.45) is 0 Å². The van der Waals surface area contributed by atoms with Gasteiger partial charge in [0.05, 0.1) is 18.6 Å². The Morgan fingerprint density at radius 2 is 2.36 bits per heavy atom. The molecule has 5 nitrogen and oxygen atoms in total. The van der Waals surface area contributed by atoms with Crippen molar-refractivity contribution in [3.63, 3.8) is 0 Å². The third-order valence-electron chi connectivity index (χ3n) is 4.56. The quantitative estimate of drug-likeness (QED) is 0.874. The molecule has 120 valence electrons. The van der Waals surface area contributed by atoms with Crippen LogP contribution in [0.1, 0.15) is 30.4 Å². The number of nitrogens with zero attached hydrogens (tertiary/aromatic N) is 1. The van der Waals surface area contributed by atoms with E-state index in [2.05, 4.69) is 22.3 Å². The summed E-state index contributed by atoms with van der Waals surface area (Å²) in [4.78, 5) is 13.8. The molecule has 0 spiro atoms. The maximum Gasteiger partial charge on any atom is 0.222 e. The van der Waals surface area contributed by atoms with Gasteiger partial charge in [-0.3, -0.25) is 9.69 Å². The van der Waals surface area contributed by atoms with Gasteiger partial charge in [-0.25, -0.2) is 0 Å². The zero-order valence-corrected chi connectivity index (χ0v) is 13.1. The van der Waals surface area contributed by atoms with Crippen molar-refractivity contribution < 1.29 is 14.6 Å². The van der Waals surface area contributed by atoms with Gasteiger partial charge in [-0.15, -0.1) is 0 Å². The molecule has 0 radical (unpaired) electrons. The number of piperidine rings is 1. The number of benzene rings is 1. The Morgan fingerprint density at radius 3 is 3.18 bits per heavy atom. The molecule has 0 aliphatic carbocycles. The van der Waals surface area contributed by atoms with Crippen LogP contribution in [0, 0.1) is 0 Å². The molecule has 1 amide bonds. The van der Waals surface area contributed by atoms with Crippen LogP contribution in [0.25, 0.3) is 0 Å². The molecule has 0 saturated carbocycles. The largest absolute Gasteiger partial charge is 0.493 e. The van der Waals surface area contributed by atoms with Crippen molar-refractivity contribution in [1.82, 2.24) is 10.2 Å². The van der Waals surface area contributed by atoms with E-state index in [4.69, 9.17) is 4.74 Å². The number of carbonyl (C=O) groups excluding carboxylic acids is 1. The van der Waals surface area contributed by atoms with Crippen molar-refractivity contribution in [2.75, 3.05) is 26.7 Å². The highest BCUT2D eigenvalue weighted by Crippen LogP contribution is 2.29. The number of amides is 1. The average molecular weight is 304 g/mol. The van der Waals surface area contributed by atoms with Crippen molar-refractivity contribution in [3.05, 3.63) is 29.3 Å². The lowest BCUT2D eigenvalue weighted by molar-refractivity contribution is -0.128. The van der Waals surface area contributed by atoms with Crippen LogP contribution in [0.5, 0.6) is 5.75 Å². The van der Waals surface area contributed by atoms with E-state index in [9.17, 15) is 9.90 Å². The molecule has 5 heteroatoms. The highest BCUT2D eigenvalue weighted by molar-refractivity contribution is 5.76. The fraction of sp³-hybridized carbons (Fsp3) is 0.588. The van der Waals surface area contributed by atoms with Crippen molar-refractivity contribution in [3.8, 4) is 5.75 Å². The van der Waals surface area contributed by atoms with Crippen LogP contribution in [-0.2, 0) is 17.8 Å². The summed E-state index contributed by atoms with van der Waals surface area (Å²) >= 11 is 0. The second-order valence-corrected chi connectivity index (χ2v) is 6.43. The van der Waals surface area contributed by atoms with Crippen LogP contribution >= 0.6 is 0 Å². The number of fused-ring (bicyclic) bond motifs is 1. The summed E-state index contributed by atoms with van der Waals surface area (Å²) in [5.41, 5.74) is 1.61. The average Bonchev–Trinajstić information content (AvgIpc) is 2.94. The van der Waals surface area contributed by atoms with Crippen molar-refractivity contribution >= 4 is 5.91 Å². The molecule has 1 unspecified atom stereocenters. The fourth-order valence-electron chi connectivity index (χ4n) is 3.47. The van der Waals surface area contributed by atoms with E-state index < -0.39 is 5.60 Å². The number of aliphatic hydroxyl groups is 1. The molecule has 22 heavy (non-hydrogen) atoms. The normalized spacial score (nSPS) is 24.6. The summed E-state index contributed by atoms with van der Waals surface area (Å²) in [6, 6.07) is 6.34. The number of β-amino-alcohol motifs (C(OH)–C–C–N with tert-alkyl or cyclic N) is 1. The van der Waals surface area contributed by atoms with E-state index >= 15 is 0 Å². The molecule has 1 aromatic rings. The minimum atomic E-state index is -0.905. The second-order valence-electron chi connectivity index (χ2n) is 6.43. The first-order chi connectivity index (χ1) is 10.6. The van der Waals surface area contributed by atoms with E-state index in [1.165, 1.54) is 11.1 Å². The SMILES string of the molecule is CNC(=O)CC1(O)CCCN(Cc2ccc3c(c2)CCO3)C1. The smallest absolute Gasteiger partial charge is 0.222 e. The number of hydrogen-bond donors (Lipinski definition) is 2. The minimum Gasteiger partial charge on any atom is -0.493 e. The second kappa shape index (κ2) is 6.26. The first-order valence-corrected chi connectivity index (χ1v) is 7.98. The Morgan fingerprint density at radius 1 is 1.50 bits per heavy atom. The van der Waals surface area contributed by atoms with Gasteiger partial charge < -0.3 is 15.2 Å². The fourth-order valence-corrected chi connectivity index (χ4v) is 3.47. The molecule has 1 aromatic carbocycles. The lowest BCUT2D eigenvalue weighted by Crippen LogP contribution is -2.49. The Balaban J connectivity index is 1.64. The van der Waals surface area contributed by atoms with Gasteiger partial charge in [-0.1, -0.05) is 12.1 Å². The zero-order chi connectivity index (χ0) is 15.6. The summed E-state index contributed by atoms with van der Waals surface area (Å²) < 4.78 is 5.53. The molecule has 2 aliphatic heterocycles. The molecule has 1 saturated heterocycles. The predicted octanol–water partition coefficient (Wildman–Crippen LogP) is 1.08. The first-order valence-electron chi connectivity index (χ1n) is 7.98. The topological polar surface area (TPSA) is 61.8 Å². The summed E-state index contributed by atoms with van der Waals surface area (Å²) in [6.07, 6.45) is 2.76. The molecule has 2 N–H and O–H groups in total. The van der Waals surface area contributed by atoms with Crippen LogP contribution in [-0.4, -0.2) is 48.3 Å². The van der Waals surface area contributed by atoms with Crippen LogP contribution < -0.4 is 10.1 Å². The van der Waals surface area contributed by atoms with Gasteiger partial charge in [0.2, 0.25) is 5.91 Å². The van der Waals surface area contributed by atoms with Gasteiger partial charge in [0.25, 0.3) is 0 Å². The predicted molar refractivity (Wildman–Crippen MR) is 83.8 cm³/mol. The maximum absolute atomic E-state index is 11.6. The summed E-state index contributed by atoms with van der Waals surface area (Å²) in [5.74, 6) is 0.901. The molecule has 3 rings (SSSR count). The molecular weight excluding hydrogens is 280 g/mol. The number of ether oxygens (including phenoxy) is 1. The lowest BCUT2D eigenvalue weighted by Gasteiger charge is -2.39. The van der Waals surface area contributed by atoms with Crippen molar-refractivity contribution in [1.29, 1.82) is 0 Å². The van der Waals surface area contributed by atoms with Crippen LogP contribution in [0.3, 0.4) is 0 Å². The van der Waals surface area contributed by atoms with E-state index in [1.807, 2.05) is 6.07 Å². The van der Waals surface area contributed by atoms with Gasteiger partial charge in [0, 0.05) is 26.6 Å².